The van der Waals surface area contributed by atoms with Crippen molar-refractivity contribution >= 4 is 27.5 Å². The molecule has 3 aromatic rings. The highest BCUT2D eigenvalue weighted by Crippen LogP contribution is 2.19. The summed E-state index contributed by atoms with van der Waals surface area (Å²) >= 11 is 0. The molecule has 0 aliphatic rings. The lowest BCUT2D eigenvalue weighted by Crippen LogP contribution is -2.14. The van der Waals surface area contributed by atoms with Crippen LogP contribution in [0, 0.1) is 5.82 Å². The van der Waals surface area contributed by atoms with Crippen LogP contribution in [0.4, 0.5) is 21.8 Å². The number of nitrogens with zero attached hydrogens (tertiary/aromatic N) is 2. The van der Waals surface area contributed by atoms with E-state index in [9.17, 15) is 17.9 Å². The molecule has 0 spiro atoms. The lowest BCUT2D eigenvalue weighted by atomic mass is 10.1. The van der Waals surface area contributed by atoms with Crippen LogP contribution in [0.1, 0.15) is 11.7 Å². The van der Waals surface area contributed by atoms with Crippen LogP contribution in [-0.2, 0) is 10.0 Å². The second-order valence-corrected chi connectivity index (χ2v) is 7.48. The maximum absolute atomic E-state index is 13.2. The zero-order valence-electron chi connectivity index (χ0n) is 14.6. The van der Waals surface area contributed by atoms with E-state index < -0.39 is 21.9 Å². The van der Waals surface area contributed by atoms with Crippen LogP contribution in [-0.4, -0.2) is 30.0 Å². The minimum atomic E-state index is -3.82. The smallest absolute Gasteiger partial charge is 0.238 e. The molecule has 0 aliphatic carbocycles. The fraction of sp³-hybridized carbons (Fsp3) is 0.111. The molecule has 1 aromatic heterocycles. The van der Waals surface area contributed by atoms with Gasteiger partial charge < -0.3 is 15.7 Å². The highest BCUT2D eigenvalue weighted by molar-refractivity contribution is 7.89. The predicted molar refractivity (Wildman–Crippen MR) is 103 cm³/mol. The number of primary sulfonamides is 1. The van der Waals surface area contributed by atoms with Crippen LogP contribution < -0.4 is 15.8 Å². The first-order valence-electron chi connectivity index (χ1n) is 8.21. The van der Waals surface area contributed by atoms with E-state index in [-0.39, 0.29) is 17.4 Å². The van der Waals surface area contributed by atoms with Crippen molar-refractivity contribution in [3.8, 4) is 0 Å². The standard InChI is InChI=1S/C18H18FN5O3S/c19-13-4-1-3-12(9-13)16(25)11-22-17-7-8-21-18(24-17)23-14-5-2-6-15(10-14)28(20,26)27/h1-10,16,25H,11H2,(H2,20,26,27)(H2,21,22,23,24). The Balaban J connectivity index is 1.67. The molecule has 1 unspecified atom stereocenters. The summed E-state index contributed by atoms with van der Waals surface area (Å²) < 4.78 is 36.1. The number of hydrogen-bond donors (Lipinski definition) is 4. The van der Waals surface area contributed by atoms with Gasteiger partial charge in [-0.3, -0.25) is 0 Å². The highest BCUT2D eigenvalue weighted by Gasteiger charge is 2.10. The van der Waals surface area contributed by atoms with E-state index in [0.29, 0.717) is 17.1 Å². The molecule has 28 heavy (non-hydrogen) atoms. The summed E-state index contributed by atoms with van der Waals surface area (Å²) in [4.78, 5) is 8.28. The Hall–Kier alpha value is -3.08. The molecular weight excluding hydrogens is 385 g/mol. The Labute approximate surface area is 161 Å². The number of sulfonamides is 1. The van der Waals surface area contributed by atoms with Crippen LogP contribution in [0.2, 0.25) is 0 Å². The number of aliphatic hydroxyl groups excluding tert-OH is 1. The van der Waals surface area contributed by atoms with Gasteiger partial charge in [-0.15, -0.1) is 0 Å². The van der Waals surface area contributed by atoms with Gasteiger partial charge in [-0.05, 0) is 42.0 Å². The van der Waals surface area contributed by atoms with Crippen molar-refractivity contribution in [2.24, 2.45) is 5.14 Å². The zero-order valence-corrected chi connectivity index (χ0v) is 15.4. The van der Waals surface area contributed by atoms with Crippen molar-refractivity contribution in [3.63, 3.8) is 0 Å². The van der Waals surface area contributed by atoms with Gasteiger partial charge in [0.25, 0.3) is 0 Å². The third-order valence-corrected chi connectivity index (χ3v) is 4.70. The number of anilines is 3. The van der Waals surface area contributed by atoms with Crippen LogP contribution >= 0.6 is 0 Å². The summed E-state index contributed by atoms with van der Waals surface area (Å²) in [7, 11) is -3.82. The van der Waals surface area contributed by atoms with E-state index in [1.807, 2.05) is 0 Å². The number of aliphatic hydroxyl groups is 1. The van der Waals surface area contributed by atoms with Gasteiger partial charge in [0.1, 0.15) is 11.6 Å². The van der Waals surface area contributed by atoms with Crippen molar-refractivity contribution in [1.82, 2.24) is 9.97 Å². The molecule has 0 saturated heterocycles. The van der Waals surface area contributed by atoms with Gasteiger partial charge in [0.05, 0.1) is 11.0 Å². The monoisotopic (exact) mass is 403 g/mol. The largest absolute Gasteiger partial charge is 0.387 e. The van der Waals surface area contributed by atoms with E-state index in [0.717, 1.165) is 0 Å². The molecule has 5 N–H and O–H groups in total. The average molecular weight is 403 g/mol. The lowest BCUT2D eigenvalue weighted by Gasteiger charge is -2.13. The Morgan fingerprint density at radius 3 is 2.68 bits per heavy atom. The molecule has 146 valence electrons. The van der Waals surface area contributed by atoms with E-state index >= 15 is 0 Å². The molecule has 10 heteroatoms. The summed E-state index contributed by atoms with van der Waals surface area (Å²) in [5, 5.41) is 21.1. The molecule has 0 fully saturated rings. The van der Waals surface area contributed by atoms with Gasteiger partial charge in [-0.1, -0.05) is 18.2 Å². The van der Waals surface area contributed by atoms with Crippen LogP contribution in [0.3, 0.4) is 0 Å². The first kappa shape index (κ1) is 19.7. The fourth-order valence-corrected chi connectivity index (χ4v) is 2.99. The predicted octanol–water partition coefficient (Wildman–Crippen LogP) is 2.15. The summed E-state index contributed by atoms with van der Waals surface area (Å²) in [6, 6.07) is 13.3. The molecule has 0 saturated carbocycles. The summed E-state index contributed by atoms with van der Waals surface area (Å²) in [5.74, 6) is 0.221. The zero-order chi connectivity index (χ0) is 20.1. The second kappa shape index (κ2) is 8.30. The quantitative estimate of drug-likeness (QED) is 0.475. The van der Waals surface area contributed by atoms with Gasteiger partial charge in [-0.25, -0.2) is 22.9 Å². The van der Waals surface area contributed by atoms with Gasteiger partial charge in [0.15, 0.2) is 0 Å². The first-order valence-corrected chi connectivity index (χ1v) is 9.76. The Bertz CT molecular complexity index is 1080. The summed E-state index contributed by atoms with van der Waals surface area (Å²) in [5.41, 5.74) is 0.892. The van der Waals surface area contributed by atoms with Gasteiger partial charge in [0, 0.05) is 18.4 Å². The number of aromatic nitrogens is 2. The number of halogens is 1. The minimum absolute atomic E-state index is 0.0370. The third-order valence-electron chi connectivity index (χ3n) is 3.78. The topological polar surface area (TPSA) is 130 Å². The van der Waals surface area contributed by atoms with E-state index in [1.165, 1.54) is 36.5 Å². The fourth-order valence-electron chi connectivity index (χ4n) is 2.43. The first-order chi connectivity index (χ1) is 13.3. The molecule has 0 aliphatic heterocycles. The normalized spacial score (nSPS) is 12.4. The highest BCUT2D eigenvalue weighted by atomic mass is 32.2. The van der Waals surface area contributed by atoms with Crippen molar-refractivity contribution < 1.29 is 17.9 Å². The molecule has 0 bridgehead atoms. The third kappa shape index (κ3) is 5.22. The van der Waals surface area contributed by atoms with Crippen LogP contribution in [0.15, 0.2) is 65.7 Å². The Morgan fingerprint density at radius 2 is 1.93 bits per heavy atom. The molecule has 1 heterocycles. The molecule has 1 atom stereocenters. The summed E-state index contributed by atoms with van der Waals surface area (Å²) in [6.45, 7) is 0.112. The van der Waals surface area contributed by atoms with Crippen molar-refractivity contribution in [2.45, 2.75) is 11.0 Å². The van der Waals surface area contributed by atoms with E-state index in [1.54, 1.807) is 24.3 Å². The van der Waals surface area contributed by atoms with Crippen molar-refractivity contribution in [1.29, 1.82) is 0 Å². The minimum Gasteiger partial charge on any atom is -0.387 e. The molecule has 8 nitrogen and oxygen atoms in total. The van der Waals surface area contributed by atoms with E-state index in [4.69, 9.17) is 5.14 Å². The molecule has 3 rings (SSSR count). The molecule has 0 amide bonds. The second-order valence-electron chi connectivity index (χ2n) is 5.92. The number of nitrogens with two attached hydrogens (primary N) is 1. The lowest BCUT2D eigenvalue weighted by molar-refractivity contribution is 0.191. The number of hydrogen-bond acceptors (Lipinski definition) is 7. The molecule has 0 radical (unpaired) electrons. The van der Waals surface area contributed by atoms with Crippen molar-refractivity contribution in [3.05, 3.63) is 72.2 Å². The average Bonchev–Trinajstić information content (AvgIpc) is 2.66. The van der Waals surface area contributed by atoms with Gasteiger partial charge in [-0.2, -0.15) is 4.98 Å². The maximum atomic E-state index is 13.2. The number of nitrogens with one attached hydrogen (secondary N) is 2. The van der Waals surface area contributed by atoms with Gasteiger partial charge in [0.2, 0.25) is 16.0 Å². The number of benzene rings is 2. The maximum Gasteiger partial charge on any atom is 0.238 e. The Morgan fingerprint density at radius 1 is 1.14 bits per heavy atom. The van der Waals surface area contributed by atoms with Gasteiger partial charge >= 0.3 is 0 Å². The SMILES string of the molecule is NS(=O)(=O)c1cccc(Nc2nccc(NCC(O)c3cccc(F)c3)n2)c1. The molecule has 2 aromatic carbocycles. The van der Waals surface area contributed by atoms with Crippen LogP contribution in [0.25, 0.3) is 0 Å². The van der Waals surface area contributed by atoms with Crippen molar-refractivity contribution in [2.75, 3.05) is 17.2 Å². The molecular formula is C18H18FN5O3S. The Kier molecular flexibility index (Phi) is 5.83. The number of rotatable bonds is 7. The van der Waals surface area contributed by atoms with E-state index in [2.05, 4.69) is 20.6 Å². The summed E-state index contributed by atoms with van der Waals surface area (Å²) in [6.07, 6.45) is 0.573. The van der Waals surface area contributed by atoms with Crippen LogP contribution in [0.5, 0.6) is 0 Å².